The summed E-state index contributed by atoms with van der Waals surface area (Å²) in [5, 5.41) is 14.8. The Hall–Kier alpha value is -3.39. The smallest absolute Gasteiger partial charge is 0.414 e. The monoisotopic (exact) mass is 496 g/mol. The average molecular weight is 497 g/mol. The van der Waals surface area contributed by atoms with Crippen molar-refractivity contribution in [2.24, 2.45) is 11.8 Å². The molecule has 3 N–H and O–H groups in total. The van der Waals surface area contributed by atoms with Crippen LogP contribution in [-0.4, -0.2) is 51.7 Å². The van der Waals surface area contributed by atoms with Gasteiger partial charge < -0.3 is 19.9 Å². The molecule has 0 spiro atoms. The molecule has 2 fully saturated rings. The number of carbonyl (C=O) groups is 2. The molecule has 2 aliphatic rings. The van der Waals surface area contributed by atoms with E-state index < -0.39 is 11.9 Å². The van der Waals surface area contributed by atoms with Gasteiger partial charge in [-0.25, -0.2) is 9.59 Å². The molecule has 8 heteroatoms. The minimum atomic E-state index is -1.82. The molecule has 0 unspecified atom stereocenters. The van der Waals surface area contributed by atoms with E-state index in [1.54, 1.807) is 6.20 Å². The van der Waals surface area contributed by atoms with Gasteiger partial charge in [0.05, 0.1) is 6.61 Å². The molecule has 2 aromatic rings. The van der Waals surface area contributed by atoms with Gasteiger partial charge in [0.15, 0.2) is 0 Å². The maximum absolute atomic E-state index is 11.9. The number of rotatable bonds is 7. The molecule has 1 aliphatic carbocycles. The van der Waals surface area contributed by atoms with Crippen LogP contribution in [0.15, 0.2) is 53.5 Å². The van der Waals surface area contributed by atoms with Crippen molar-refractivity contribution in [3.63, 3.8) is 0 Å². The van der Waals surface area contributed by atoms with Crippen LogP contribution >= 0.6 is 0 Å². The Kier molecular flexibility index (Phi) is 10.8. The molecular weight excluding hydrogens is 460 g/mol. The number of aromatic nitrogens is 1. The number of para-hydroxylation sites is 1. The van der Waals surface area contributed by atoms with E-state index in [4.69, 9.17) is 24.5 Å². The number of aliphatic carboxylic acids is 2. The minimum absolute atomic E-state index is 0.0318. The van der Waals surface area contributed by atoms with E-state index in [1.165, 1.54) is 37.7 Å². The number of likely N-dealkylation sites (tertiary alicyclic amines) is 1. The normalized spacial score (nSPS) is 17.3. The van der Waals surface area contributed by atoms with E-state index in [9.17, 15) is 4.79 Å². The summed E-state index contributed by atoms with van der Waals surface area (Å²) >= 11 is 0. The highest BCUT2D eigenvalue weighted by atomic mass is 16.5. The molecular formula is C28H36N2O6. The van der Waals surface area contributed by atoms with Gasteiger partial charge >= 0.3 is 11.9 Å². The Morgan fingerprint density at radius 2 is 1.67 bits per heavy atom. The molecule has 36 heavy (non-hydrogen) atoms. The van der Waals surface area contributed by atoms with Crippen LogP contribution < -0.4 is 10.3 Å². The number of carboxylic acid groups (broad SMARTS) is 2. The summed E-state index contributed by atoms with van der Waals surface area (Å²) < 4.78 is 6.22. The molecule has 1 saturated carbocycles. The van der Waals surface area contributed by atoms with Crippen molar-refractivity contribution in [3.05, 3.63) is 70.2 Å². The predicted molar refractivity (Wildman–Crippen MR) is 138 cm³/mol. The molecule has 1 saturated heterocycles. The van der Waals surface area contributed by atoms with Gasteiger partial charge in [-0.3, -0.25) is 9.69 Å². The van der Waals surface area contributed by atoms with Gasteiger partial charge in [-0.15, -0.1) is 0 Å². The van der Waals surface area contributed by atoms with Crippen molar-refractivity contribution in [1.29, 1.82) is 0 Å². The number of carboxylic acids is 2. The first-order valence-electron chi connectivity index (χ1n) is 12.7. The van der Waals surface area contributed by atoms with Gasteiger partial charge in [0, 0.05) is 23.9 Å². The first kappa shape index (κ1) is 27.2. The summed E-state index contributed by atoms with van der Waals surface area (Å²) in [6.07, 6.45) is 15.3. The lowest BCUT2D eigenvalue weighted by Crippen LogP contribution is -2.34. The van der Waals surface area contributed by atoms with E-state index in [-0.39, 0.29) is 5.56 Å². The second kappa shape index (κ2) is 14.2. The van der Waals surface area contributed by atoms with Crippen LogP contribution in [0.3, 0.4) is 0 Å². The van der Waals surface area contributed by atoms with Crippen molar-refractivity contribution >= 4 is 18.0 Å². The molecule has 4 rings (SSSR count). The fourth-order valence-electron chi connectivity index (χ4n) is 4.68. The summed E-state index contributed by atoms with van der Waals surface area (Å²) in [7, 11) is 0. The molecule has 0 atom stereocenters. The minimum Gasteiger partial charge on any atom is -0.493 e. The van der Waals surface area contributed by atoms with Crippen molar-refractivity contribution in [3.8, 4) is 5.75 Å². The molecule has 1 aromatic carbocycles. The molecule has 1 aromatic heterocycles. The maximum atomic E-state index is 11.9. The zero-order chi connectivity index (χ0) is 25.8. The van der Waals surface area contributed by atoms with Gasteiger partial charge in [-0.1, -0.05) is 55.7 Å². The Bertz CT molecular complexity index is 1050. The SMILES string of the molecule is O=C(O)C(=O)O.O=c1[nH]cccc1CN1CCC(C=Cc2ccccc2OCC2CCCCC2)CC1. The Labute approximate surface area is 211 Å². The zero-order valence-electron chi connectivity index (χ0n) is 20.6. The number of piperidine rings is 1. The van der Waals surface area contributed by atoms with Crippen LogP contribution in [0, 0.1) is 11.8 Å². The van der Waals surface area contributed by atoms with Gasteiger partial charge in [-0.05, 0) is 62.7 Å². The number of benzene rings is 1. The first-order chi connectivity index (χ1) is 17.4. The highest BCUT2D eigenvalue weighted by Crippen LogP contribution is 2.27. The molecule has 0 radical (unpaired) electrons. The quantitative estimate of drug-likeness (QED) is 0.486. The summed E-state index contributed by atoms with van der Waals surface area (Å²) in [6.45, 7) is 3.65. The number of hydrogen-bond acceptors (Lipinski definition) is 5. The fourth-order valence-corrected chi connectivity index (χ4v) is 4.68. The van der Waals surface area contributed by atoms with Gasteiger partial charge in [0.1, 0.15) is 5.75 Å². The van der Waals surface area contributed by atoms with E-state index in [1.807, 2.05) is 12.1 Å². The summed E-state index contributed by atoms with van der Waals surface area (Å²) in [6, 6.07) is 12.2. The maximum Gasteiger partial charge on any atom is 0.414 e. The molecule has 194 valence electrons. The number of nitrogens with one attached hydrogen (secondary N) is 1. The van der Waals surface area contributed by atoms with Gasteiger partial charge in [-0.2, -0.15) is 0 Å². The summed E-state index contributed by atoms with van der Waals surface area (Å²) in [4.78, 5) is 35.2. The molecule has 2 heterocycles. The van der Waals surface area contributed by atoms with Gasteiger partial charge in [0.25, 0.3) is 5.56 Å². The van der Waals surface area contributed by atoms with Crippen molar-refractivity contribution in [2.45, 2.75) is 51.5 Å². The van der Waals surface area contributed by atoms with Crippen LogP contribution in [0.4, 0.5) is 0 Å². The number of hydrogen-bond donors (Lipinski definition) is 3. The standard InChI is InChI=1S/C26H34N2O2.C2H2O4/c29-26-24(10-6-16-27-26)19-28-17-14-21(15-18-28)12-13-23-9-4-5-11-25(23)30-20-22-7-2-1-3-8-22;3-1(4)2(5)6/h4-6,9-13,16,21-22H,1-3,7-8,14-15,17-20H2,(H,27,29);(H,3,4)(H,5,6). The van der Waals surface area contributed by atoms with E-state index >= 15 is 0 Å². The van der Waals surface area contributed by atoms with E-state index in [2.05, 4.69) is 46.3 Å². The molecule has 1 aliphatic heterocycles. The number of pyridine rings is 1. The van der Waals surface area contributed by atoms with Crippen LogP contribution in [0.2, 0.25) is 0 Å². The van der Waals surface area contributed by atoms with Crippen molar-refractivity contribution in [1.82, 2.24) is 9.88 Å². The highest BCUT2D eigenvalue weighted by molar-refractivity contribution is 6.27. The Morgan fingerprint density at radius 3 is 2.33 bits per heavy atom. The third-order valence-corrected chi connectivity index (χ3v) is 6.78. The largest absolute Gasteiger partial charge is 0.493 e. The molecule has 0 amide bonds. The lowest BCUT2D eigenvalue weighted by atomic mass is 9.90. The third kappa shape index (κ3) is 9.00. The van der Waals surface area contributed by atoms with Crippen LogP contribution in [0.5, 0.6) is 5.75 Å². The second-order valence-corrected chi connectivity index (χ2v) is 9.46. The molecule has 0 bridgehead atoms. The predicted octanol–water partition coefficient (Wildman–Crippen LogP) is 4.42. The topological polar surface area (TPSA) is 120 Å². The number of aromatic amines is 1. The third-order valence-electron chi connectivity index (χ3n) is 6.78. The average Bonchev–Trinajstić information content (AvgIpc) is 2.90. The highest BCUT2D eigenvalue weighted by Gasteiger charge is 2.18. The fraction of sp³-hybridized carbons (Fsp3) is 0.464. The molecule has 8 nitrogen and oxygen atoms in total. The lowest BCUT2D eigenvalue weighted by Gasteiger charge is -2.30. The van der Waals surface area contributed by atoms with Gasteiger partial charge in [0.2, 0.25) is 0 Å². The number of nitrogens with zero attached hydrogens (tertiary/aromatic N) is 1. The summed E-state index contributed by atoms with van der Waals surface area (Å²) in [5.74, 6) is -1.33. The van der Waals surface area contributed by atoms with Crippen LogP contribution in [0.25, 0.3) is 6.08 Å². The van der Waals surface area contributed by atoms with E-state index in [0.29, 0.717) is 5.92 Å². The van der Waals surface area contributed by atoms with Crippen molar-refractivity contribution in [2.75, 3.05) is 19.7 Å². The Morgan fingerprint density at radius 1 is 0.972 bits per heavy atom. The van der Waals surface area contributed by atoms with E-state index in [0.717, 1.165) is 56.3 Å². The Balaban J connectivity index is 0.000000538. The number of ether oxygens (including phenoxy) is 1. The van der Waals surface area contributed by atoms with Crippen LogP contribution in [0.1, 0.15) is 56.1 Å². The van der Waals surface area contributed by atoms with Crippen LogP contribution in [-0.2, 0) is 16.1 Å². The number of allylic oxidation sites excluding steroid dienone is 1. The number of H-pyrrole nitrogens is 1. The van der Waals surface area contributed by atoms with Crippen molar-refractivity contribution < 1.29 is 24.5 Å². The zero-order valence-corrected chi connectivity index (χ0v) is 20.6. The summed E-state index contributed by atoms with van der Waals surface area (Å²) in [5.41, 5.74) is 2.08. The first-order valence-corrected chi connectivity index (χ1v) is 12.7. The lowest BCUT2D eigenvalue weighted by molar-refractivity contribution is -0.159. The second-order valence-electron chi connectivity index (χ2n) is 9.46.